The molecule has 0 saturated carbocycles. The fraction of sp³-hybridized carbons (Fsp3) is 1.00. The SMILES string of the molecule is CC(C)(CNC(C)(C)C)CN1CCCC(CCO)C1. The van der Waals surface area contributed by atoms with Crippen LogP contribution in [-0.4, -0.2) is 48.3 Å². The lowest BCUT2D eigenvalue weighted by atomic mass is 9.88. The van der Waals surface area contributed by atoms with Crippen molar-refractivity contribution in [1.29, 1.82) is 0 Å². The van der Waals surface area contributed by atoms with Gasteiger partial charge in [0.1, 0.15) is 0 Å². The molecule has 1 heterocycles. The number of aliphatic hydroxyl groups excluding tert-OH is 1. The zero-order chi connectivity index (χ0) is 14.5. The third kappa shape index (κ3) is 7.28. The van der Waals surface area contributed by atoms with Gasteiger partial charge in [0.15, 0.2) is 0 Å². The van der Waals surface area contributed by atoms with Crippen molar-refractivity contribution < 1.29 is 5.11 Å². The molecule has 0 aromatic carbocycles. The molecule has 1 rings (SSSR count). The highest BCUT2D eigenvalue weighted by Crippen LogP contribution is 2.24. The minimum absolute atomic E-state index is 0.193. The fourth-order valence-electron chi connectivity index (χ4n) is 2.88. The van der Waals surface area contributed by atoms with E-state index in [4.69, 9.17) is 5.11 Å². The maximum atomic E-state index is 9.08. The number of nitrogens with one attached hydrogen (secondary N) is 1. The van der Waals surface area contributed by atoms with Crippen LogP contribution >= 0.6 is 0 Å². The number of aliphatic hydroxyl groups is 1. The Morgan fingerprint density at radius 3 is 2.47 bits per heavy atom. The Balaban J connectivity index is 2.39. The molecule has 0 aromatic rings. The molecule has 19 heavy (non-hydrogen) atoms. The zero-order valence-electron chi connectivity index (χ0n) is 13.6. The van der Waals surface area contributed by atoms with E-state index in [1.165, 1.54) is 25.9 Å². The second-order valence-corrected chi connectivity index (χ2v) is 8.02. The topological polar surface area (TPSA) is 35.5 Å². The molecule has 0 amide bonds. The Morgan fingerprint density at radius 1 is 1.21 bits per heavy atom. The molecule has 1 saturated heterocycles. The molecule has 1 unspecified atom stereocenters. The van der Waals surface area contributed by atoms with E-state index in [9.17, 15) is 0 Å². The van der Waals surface area contributed by atoms with Crippen molar-refractivity contribution in [2.75, 3.05) is 32.8 Å². The Morgan fingerprint density at radius 2 is 1.89 bits per heavy atom. The average molecular weight is 270 g/mol. The molecular weight excluding hydrogens is 236 g/mol. The van der Waals surface area contributed by atoms with E-state index in [1.54, 1.807) is 0 Å². The average Bonchev–Trinajstić information content (AvgIpc) is 2.26. The summed E-state index contributed by atoms with van der Waals surface area (Å²) in [6.45, 7) is 16.3. The maximum absolute atomic E-state index is 9.08. The van der Waals surface area contributed by atoms with Crippen molar-refractivity contribution in [2.24, 2.45) is 11.3 Å². The van der Waals surface area contributed by atoms with E-state index in [0.717, 1.165) is 19.5 Å². The molecule has 0 radical (unpaired) electrons. The van der Waals surface area contributed by atoms with E-state index in [-0.39, 0.29) is 5.54 Å². The molecule has 1 atom stereocenters. The highest BCUT2D eigenvalue weighted by molar-refractivity contribution is 4.83. The number of piperidine rings is 1. The molecule has 3 heteroatoms. The smallest absolute Gasteiger partial charge is 0.0434 e. The largest absolute Gasteiger partial charge is 0.396 e. The molecule has 1 aliphatic rings. The first-order chi connectivity index (χ1) is 8.72. The highest BCUT2D eigenvalue weighted by atomic mass is 16.3. The van der Waals surface area contributed by atoms with E-state index < -0.39 is 0 Å². The first kappa shape index (κ1) is 16.9. The van der Waals surface area contributed by atoms with Crippen LogP contribution in [0, 0.1) is 11.3 Å². The van der Waals surface area contributed by atoms with E-state index in [2.05, 4.69) is 44.8 Å². The van der Waals surface area contributed by atoms with Gasteiger partial charge in [-0.2, -0.15) is 0 Å². The van der Waals surface area contributed by atoms with Gasteiger partial charge in [-0.05, 0) is 57.9 Å². The van der Waals surface area contributed by atoms with Crippen molar-refractivity contribution in [1.82, 2.24) is 10.2 Å². The van der Waals surface area contributed by atoms with Gasteiger partial charge in [-0.3, -0.25) is 0 Å². The third-order valence-corrected chi connectivity index (χ3v) is 3.89. The van der Waals surface area contributed by atoms with Crippen LogP contribution in [0.1, 0.15) is 53.9 Å². The molecule has 1 aliphatic heterocycles. The van der Waals surface area contributed by atoms with Crippen LogP contribution in [0.3, 0.4) is 0 Å². The molecule has 3 nitrogen and oxygen atoms in total. The summed E-state index contributed by atoms with van der Waals surface area (Å²) in [5.74, 6) is 0.699. The summed E-state index contributed by atoms with van der Waals surface area (Å²) in [6.07, 6.45) is 3.54. The maximum Gasteiger partial charge on any atom is 0.0434 e. The van der Waals surface area contributed by atoms with E-state index in [0.29, 0.717) is 17.9 Å². The molecular formula is C16H34N2O. The van der Waals surface area contributed by atoms with Gasteiger partial charge < -0.3 is 15.3 Å². The standard InChI is InChI=1S/C16H34N2O/c1-15(2,3)17-12-16(4,5)13-18-9-6-7-14(11-18)8-10-19/h14,17,19H,6-13H2,1-5H3. The highest BCUT2D eigenvalue weighted by Gasteiger charge is 2.27. The van der Waals surface area contributed by atoms with Crippen LogP contribution in [0.2, 0.25) is 0 Å². The summed E-state index contributed by atoms with van der Waals surface area (Å²) < 4.78 is 0. The third-order valence-electron chi connectivity index (χ3n) is 3.89. The predicted molar refractivity (Wildman–Crippen MR) is 82.4 cm³/mol. The van der Waals surface area contributed by atoms with Crippen molar-refractivity contribution in [3.05, 3.63) is 0 Å². The van der Waals surface area contributed by atoms with Gasteiger partial charge in [-0.25, -0.2) is 0 Å². The molecule has 0 bridgehead atoms. The number of likely N-dealkylation sites (tertiary alicyclic amines) is 1. The molecule has 2 N–H and O–H groups in total. The molecule has 0 aromatic heterocycles. The van der Waals surface area contributed by atoms with E-state index in [1.807, 2.05) is 0 Å². The van der Waals surface area contributed by atoms with Crippen LogP contribution in [-0.2, 0) is 0 Å². The van der Waals surface area contributed by atoms with Gasteiger partial charge in [0, 0.05) is 31.8 Å². The van der Waals surface area contributed by atoms with Gasteiger partial charge in [-0.15, -0.1) is 0 Å². The Labute approximate surface area is 119 Å². The van der Waals surface area contributed by atoms with Gasteiger partial charge in [0.2, 0.25) is 0 Å². The van der Waals surface area contributed by atoms with E-state index >= 15 is 0 Å². The summed E-state index contributed by atoms with van der Waals surface area (Å²) >= 11 is 0. The zero-order valence-corrected chi connectivity index (χ0v) is 13.6. The first-order valence-corrected chi connectivity index (χ1v) is 7.80. The number of hydrogen-bond donors (Lipinski definition) is 2. The summed E-state index contributed by atoms with van der Waals surface area (Å²) in [7, 11) is 0. The lowest BCUT2D eigenvalue weighted by molar-refractivity contribution is 0.103. The quantitative estimate of drug-likeness (QED) is 0.778. The summed E-state index contributed by atoms with van der Waals surface area (Å²) in [6, 6.07) is 0. The molecule has 114 valence electrons. The molecule has 0 aliphatic carbocycles. The van der Waals surface area contributed by atoms with Crippen molar-refractivity contribution in [2.45, 2.75) is 59.4 Å². The van der Waals surface area contributed by atoms with Crippen LogP contribution in [0.5, 0.6) is 0 Å². The first-order valence-electron chi connectivity index (χ1n) is 7.80. The van der Waals surface area contributed by atoms with Crippen molar-refractivity contribution in [3.63, 3.8) is 0 Å². The van der Waals surface area contributed by atoms with Crippen LogP contribution < -0.4 is 5.32 Å². The summed E-state index contributed by atoms with van der Waals surface area (Å²) in [5, 5.41) is 12.7. The number of rotatable bonds is 6. The Kier molecular flexibility index (Phi) is 6.28. The Bertz CT molecular complexity index is 256. The number of hydrogen-bond acceptors (Lipinski definition) is 3. The predicted octanol–water partition coefficient (Wildman–Crippen LogP) is 2.50. The second kappa shape index (κ2) is 7.05. The monoisotopic (exact) mass is 270 g/mol. The molecule has 1 fully saturated rings. The van der Waals surface area contributed by atoms with Gasteiger partial charge >= 0.3 is 0 Å². The van der Waals surface area contributed by atoms with Crippen LogP contribution in [0.4, 0.5) is 0 Å². The van der Waals surface area contributed by atoms with Gasteiger partial charge in [0.25, 0.3) is 0 Å². The van der Waals surface area contributed by atoms with Crippen LogP contribution in [0.15, 0.2) is 0 Å². The minimum atomic E-state index is 0.193. The van der Waals surface area contributed by atoms with Crippen molar-refractivity contribution >= 4 is 0 Å². The lowest BCUT2D eigenvalue weighted by Gasteiger charge is -2.39. The minimum Gasteiger partial charge on any atom is -0.396 e. The van der Waals surface area contributed by atoms with Crippen LogP contribution in [0.25, 0.3) is 0 Å². The van der Waals surface area contributed by atoms with Crippen molar-refractivity contribution in [3.8, 4) is 0 Å². The lowest BCUT2D eigenvalue weighted by Crippen LogP contribution is -2.48. The summed E-state index contributed by atoms with van der Waals surface area (Å²) in [4.78, 5) is 2.59. The number of nitrogens with zero attached hydrogens (tertiary/aromatic N) is 1. The van der Waals surface area contributed by atoms with Gasteiger partial charge in [-0.1, -0.05) is 13.8 Å². The fourth-order valence-corrected chi connectivity index (χ4v) is 2.88. The molecule has 0 spiro atoms. The summed E-state index contributed by atoms with van der Waals surface area (Å²) in [5.41, 5.74) is 0.493. The second-order valence-electron chi connectivity index (χ2n) is 8.02. The normalized spacial score (nSPS) is 22.7. The Hall–Kier alpha value is -0.120. The van der Waals surface area contributed by atoms with Gasteiger partial charge in [0.05, 0.1) is 0 Å².